The molecule has 1 N–H and O–H groups in total. The number of carbonyl (C=O) groups excluding carboxylic acids is 1. The molecule has 0 saturated heterocycles. The van der Waals surface area contributed by atoms with Crippen LogP contribution in [0.1, 0.15) is 16.1 Å². The predicted molar refractivity (Wildman–Crippen MR) is 105 cm³/mol. The summed E-state index contributed by atoms with van der Waals surface area (Å²) in [6, 6.07) is 10.6. The Labute approximate surface area is 164 Å². The standard InChI is InChI=1S/C19H17BrN2O5/c1-24-15-6-11(7-16(25-2)18(15)26-3)10-21-22-19(23)17-9-12-8-13(20)4-5-14(12)27-17/h4-10H,1-3H3,(H,22,23). The second kappa shape index (κ2) is 8.13. The summed E-state index contributed by atoms with van der Waals surface area (Å²) in [5, 5.41) is 4.79. The molecule has 0 unspecified atom stereocenters. The molecule has 3 aromatic rings. The number of furan rings is 1. The van der Waals surface area contributed by atoms with Gasteiger partial charge in [0.25, 0.3) is 0 Å². The highest BCUT2D eigenvalue weighted by Gasteiger charge is 2.13. The minimum absolute atomic E-state index is 0.171. The SMILES string of the molecule is COc1cc(C=NNC(=O)c2cc3cc(Br)ccc3o2)cc(OC)c1OC. The maximum atomic E-state index is 12.2. The first kappa shape index (κ1) is 18.8. The molecule has 0 aliphatic rings. The fourth-order valence-electron chi connectivity index (χ4n) is 2.52. The van der Waals surface area contributed by atoms with Crippen molar-refractivity contribution in [1.29, 1.82) is 0 Å². The molecule has 0 radical (unpaired) electrons. The summed E-state index contributed by atoms with van der Waals surface area (Å²) in [6.07, 6.45) is 1.47. The lowest BCUT2D eigenvalue weighted by atomic mass is 10.2. The van der Waals surface area contributed by atoms with Crippen molar-refractivity contribution >= 4 is 39.0 Å². The van der Waals surface area contributed by atoms with Gasteiger partial charge in [0.05, 0.1) is 27.5 Å². The van der Waals surface area contributed by atoms with Crippen LogP contribution in [-0.4, -0.2) is 33.5 Å². The third-order valence-electron chi connectivity index (χ3n) is 3.77. The fourth-order valence-corrected chi connectivity index (χ4v) is 2.90. The average molecular weight is 433 g/mol. The van der Waals surface area contributed by atoms with Crippen LogP contribution in [0.5, 0.6) is 17.2 Å². The van der Waals surface area contributed by atoms with Gasteiger partial charge in [-0.1, -0.05) is 15.9 Å². The Hall–Kier alpha value is -3.00. The van der Waals surface area contributed by atoms with E-state index in [1.54, 1.807) is 24.3 Å². The molecule has 1 heterocycles. The second-order valence-corrected chi connectivity index (χ2v) is 6.37. The molecule has 8 heteroatoms. The number of carbonyl (C=O) groups is 1. The van der Waals surface area contributed by atoms with E-state index in [1.807, 2.05) is 12.1 Å². The molecule has 0 spiro atoms. The predicted octanol–water partition coefficient (Wildman–Crippen LogP) is 3.99. The van der Waals surface area contributed by atoms with Gasteiger partial charge in [0, 0.05) is 15.4 Å². The Balaban J connectivity index is 1.77. The highest BCUT2D eigenvalue weighted by atomic mass is 79.9. The number of nitrogens with one attached hydrogen (secondary N) is 1. The molecule has 0 bridgehead atoms. The van der Waals surface area contributed by atoms with E-state index in [0.717, 1.165) is 9.86 Å². The quantitative estimate of drug-likeness (QED) is 0.470. The number of hydrazone groups is 1. The first-order chi connectivity index (χ1) is 13.0. The van der Waals surface area contributed by atoms with Gasteiger partial charge in [-0.2, -0.15) is 5.10 Å². The van der Waals surface area contributed by atoms with Gasteiger partial charge in [-0.3, -0.25) is 4.79 Å². The molecule has 0 aliphatic carbocycles. The number of hydrogen-bond acceptors (Lipinski definition) is 6. The largest absolute Gasteiger partial charge is 0.493 e. The average Bonchev–Trinajstić information content (AvgIpc) is 3.10. The molecule has 27 heavy (non-hydrogen) atoms. The van der Waals surface area contributed by atoms with Gasteiger partial charge in [-0.05, 0) is 36.4 Å². The molecule has 7 nitrogen and oxygen atoms in total. The van der Waals surface area contributed by atoms with Gasteiger partial charge >= 0.3 is 5.91 Å². The maximum Gasteiger partial charge on any atom is 0.307 e. The van der Waals surface area contributed by atoms with Gasteiger partial charge in [-0.15, -0.1) is 0 Å². The minimum Gasteiger partial charge on any atom is -0.493 e. The number of hydrogen-bond donors (Lipinski definition) is 1. The smallest absolute Gasteiger partial charge is 0.307 e. The summed E-state index contributed by atoms with van der Waals surface area (Å²) in [6.45, 7) is 0. The summed E-state index contributed by atoms with van der Waals surface area (Å²) in [5.74, 6) is 1.19. The van der Waals surface area contributed by atoms with Crippen molar-refractivity contribution in [1.82, 2.24) is 5.43 Å². The second-order valence-electron chi connectivity index (χ2n) is 5.45. The fraction of sp³-hybridized carbons (Fsp3) is 0.158. The van der Waals surface area contributed by atoms with Crippen LogP contribution in [0.15, 0.2) is 50.4 Å². The van der Waals surface area contributed by atoms with Crippen molar-refractivity contribution < 1.29 is 23.4 Å². The lowest BCUT2D eigenvalue weighted by molar-refractivity contribution is 0.0929. The Kier molecular flexibility index (Phi) is 5.66. The van der Waals surface area contributed by atoms with Gasteiger partial charge in [0.15, 0.2) is 17.3 Å². The lowest BCUT2D eigenvalue weighted by Crippen LogP contribution is -2.16. The molecule has 0 fully saturated rings. The van der Waals surface area contributed by atoms with E-state index >= 15 is 0 Å². The highest BCUT2D eigenvalue weighted by Crippen LogP contribution is 2.37. The molecule has 0 atom stereocenters. The van der Waals surface area contributed by atoms with E-state index in [1.165, 1.54) is 27.5 Å². The maximum absolute atomic E-state index is 12.2. The normalized spacial score (nSPS) is 11.0. The van der Waals surface area contributed by atoms with E-state index in [4.69, 9.17) is 18.6 Å². The third-order valence-corrected chi connectivity index (χ3v) is 4.26. The number of nitrogens with zero attached hydrogens (tertiary/aromatic N) is 1. The number of fused-ring (bicyclic) bond motifs is 1. The molecule has 1 aromatic heterocycles. The van der Waals surface area contributed by atoms with Crippen LogP contribution in [0.25, 0.3) is 11.0 Å². The van der Waals surface area contributed by atoms with Crippen LogP contribution < -0.4 is 19.6 Å². The molecule has 0 aliphatic heterocycles. The number of benzene rings is 2. The summed E-state index contributed by atoms with van der Waals surface area (Å²) in [7, 11) is 4.58. The molecule has 1 amide bonds. The summed E-state index contributed by atoms with van der Waals surface area (Å²) < 4.78 is 22.3. The number of halogens is 1. The van der Waals surface area contributed by atoms with Crippen LogP contribution in [0.2, 0.25) is 0 Å². The molecular weight excluding hydrogens is 416 g/mol. The van der Waals surface area contributed by atoms with E-state index in [9.17, 15) is 4.79 Å². The van der Waals surface area contributed by atoms with Gasteiger partial charge in [0.1, 0.15) is 5.58 Å². The van der Waals surface area contributed by atoms with Gasteiger partial charge < -0.3 is 18.6 Å². The van der Waals surface area contributed by atoms with Crippen LogP contribution in [0.4, 0.5) is 0 Å². The van der Waals surface area contributed by atoms with Gasteiger partial charge in [-0.25, -0.2) is 5.43 Å². The molecule has 2 aromatic carbocycles. The topological polar surface area (TPSA) is 82.3 Å². The summed E-state index contributed by atoms with van der Waals surface area (Å²) in [5.41, 5.74) is 3.73. The summed E-state index contributed by atoms with van der Waals surface area (Å²) >= 11 is 3.39. The van der Waals surface area contributed by atoms with Crippen LogP contribution in [0, 0.1) is 0 Å². The van der Waals surface area contributed by atoms with Crippen molar-refractivity contribution in [3.05, 3.63) is 52.2 Å². The number of methoxy groups -OCH3 is 3. The molecule has 0 saturated carbocycles. The van der Waals surface area contributed by atoms with E-state index in [2.05, 4.69) is 26.5 Å². The van der Waals surface area contributed by atoms with Crippen molar-refractivity contribution in [3.63, 3.8) is 0 Å². The van der Waals surface area contributed by atoms with Crippen LogP contribution >= 0.6 is 15.9 Å². The Morgan fingerprint density at radius 3 is 2.41 bits per heavy atom. The number of rotatable bonds is 6. The van der Waals surface area contributed by atoms with Crippen molar-refractivity contribution in [3.8, 4) is 17.2 Å². The van der Waals surface area contributed by atoms with Crippen molar-refractivity contribution in [2.24, 2.45) is 5.10 Å². The zero-order valence-electron chi connectivity index (χ0n) is 14.9. The zero-order chi connectivity index (χ0) is 19.4. The lowest BCUT2D eigenvalue weighted by Gasteiger charge is -2.12. The molecule has 3 rings (SSSR count). The molecular formula is C19H17BrN2O5. The van der Waals surface area contributed by atoms with E-state index in [0.29, 0.717) is 28.4 Å². The highest BCUT2D eigenvalue weighted by molar-refractivity contribution is 9.10. The number of ether oxygens (including phenoxy) is 3. The van der Waals surface area contributed by atoms with Crippen molar-refractivity contribution in [2.45, 2.75) is 0 Å². The first-order valence-electron chi connectivity index (χ1n) is 7.88. The van der Waals surface area contributed by atoms with E-state index in [-0.39, 0.29) is 5.76 Å². The minimum atomic E-state index is -0.453. The number of amides is 1. The third kappa shape index (κ3) is 4.06. The first-order valence-corrected chi connectivity index (χ1v) is 8.67. The Bertz CT molecular complexity index is 987. The Morgan fingerprint density at radius 1 is 1.07 bits per heavy atom. The van der Waals surface area contributed by atoms with E-state index < -0.39 is 5.91 Å². The molecule has 140 valence electrons. The van der Waals surface area contributed by atoms with Gasteiger partial charge in [0.2, 0.25) is 5.75 Å². The van der Waals surface area contributed by atoms with Crippen LogP contribution in [-0.2, 0) is 0 Å². The van der Waals surface area contributed by atoms with Crippen molar-refractivity contribution in [2.75, 3.05) is 21.3 Å². The van der Waals surface area contributed by atoms with Crippen LogP contribution in [0.3, 0.4) is 0 Å². The summed E-state index contributed by atoms with van der Waals surface area (Å²) in [4.78, 5) is 12.2. The monoisotopic (exact) mass is 432 g/mol. The Morgan fingerprint density at radius 2 is 1.78 bits per heavy atom. The zero-order valence-corrected chi connectivity index (χ0v) is 16.5.